The first-order valence-electron chi connectivity index (χ1n) is 7.94. The van der Waals surface area contributed by atoms with Gasteiger partial charge < -0.3 is 10.1 Å². The van der Waals surface area contributed by atoms with Crippen molar-refractivity contribution in [2.75, 3.05) is 13.7 Å². The Bertz CT molecular complexity index is 387. The van der Waals surface area contributed by atoms with Crippen molar-refractivity contribution < 1.29 is 4.74 Å². The van der Waals surface area contributed by atoms with E-state index in [4.69, 9.17) is 4.74 Å². The molecule has 1 aromatic carbocycles. The van der Waals surface area contributed by atoms with E-state index < -0.39 is 0 Å². The molecule has 2 nitrogen and oxygen atoms in total. The molecule has 0 spiro atoms. The fourth-order valence-electron chi connectivity index (χ4n) is 2.29. The molecule has 0 aliphatic heterocycles. The van der Waals surface area contributed by atoms with Crippen molar-refractivity contribution in [3.8, 4) is 5.75 Å². The van der Waals surface area contributed by atoms with E-state index in [2.05, 4.69) is 56.2 Å². The molecular weight excluding hydrogens is 394 g/mol. The average molecular weight is 421 g/mol. The Hall–Kier alpha value is -0.0600. The Balaban J connectivity index is 2.29. The van der Waals surface area contributed by atoms with E-state index in [9.17, 15) is 0 Å². The summed E-state index contributed by atoms with van der Waals surface area (Å²) in [5, 5.41) is 3.16. The molecular formula is C17H27Br2NO. The Morgan fingerprint density at radius 2 is 1.52 bits per heavy atom. The van der Waals surface area contributed by atoms with Gasteiger partial charge in [-0.25, -0.2) is 0 Å². The molecule has 0 fully saturated rings. The number of nitrogens with one attached hydrogen (secondary N) is 1. The van der Waals surface area contributed by atoms with Crippen LogP contribution in [0.5, 0.6) is 5.75 Å². The second kappa shape index (κ2) is 11.5. The van der Waals surface area contributed by atoms with Gasteiger partial charge >= 0.3 is 0 Å². The van der Waals surface area contributed by atoms with E-state index in [1.807, 2.05) is 7.05 Å². The highest BCUT2D eigenvalue weighted by atomic mass is 79.9. The first-order chi connectivity index (χ1) is 10.2. The lowest BCUT2D eigenvalue weighted by atomic mass is 10.1. The van der Waals surface area contributed by atoms with Gasteiger partial charge in [0.05, 0.1) is 15.6 Å². The predicted molar refractivity (Wildman–Crippen MR) is 98.1 cm³/mol. The van der Waals surface area contributed by atoms with Gasteiger partial charge in [-0.05, 0) is 63.0 Å². The van der Waals surface area contributed by atoms with Crippen LogP contribution in [-0.2, 0) is 6.54 Å². The quantitative estimate of drug-likeness (QED) is 0.439. The zero-order chi connectivity index (χ0) is 15.5. The molecule has 120 valence electrons. The van der Waals surface area contributed by atoms with E-state index in [0.717, 1.165) is 34.3 Å². The average Bonchev–Trinajstić information content (AvgIpc) is 2.44. The van der Waals surface area contributed by atoms with Crippen molar-refractivity contribution in [2.45, 2.75) is 58.4 Å². The van der Waals surface area contributed by atoms with Crippen LogP contribution in [0.3, 0.4) is 0 Å². The lowest BCUT2D eigenvalue weighted by Gasteiger charge is -2.12. The van der Waals surface area contributed by atoms with E-state index in [1.54, 1.807) is 0 Å². The highest BCUT2D eigenvalue weighted by Gasteiger charge is 2.08. The second-order valence-electron chi connectivity index (χ2n) is 5.39. The summed E-state index contributed by atoms with van der Waals surface area (Å²) >= 11 is 7.19. The maximum atomic E-state index is 5.91. The summed E-state index contributed by atoms with van der Waals surface area (Å²) in [7, 11) is 1.95. The van der Waals surface area contributed by atoms with Crippen LogP contribution in [0.2, 0.25) is 0 Å². The second-order valence-corrected chi connectivity index (χ2v) is 7.10. The number of hydrogen-bond acceptors (Lipinski definition) is 2. The third-order valence-electron chi connectivity index (χ3n) is 3.43. The Labute approximate surface area is 146 Å². The number of unbranched alkanes of at least 4 members (excludes halogenated alkanes) is 6. The fourth-order valence-corrected chi connectivity index (χ4v) is 3.80. The molecule has 0 atom stereocenters. The highest BCUT2D eigenvalue weighted by Crippen LogP contribution is 2.35. The number of hydrogen-bond donors (Lipinski definition) is 1. The van der Waals surface area contributed by atoms with E-state index in [-0.39, 0.29) is 0 Å². The molecule has 0 aliphatic rings. The molecule has 0 bridgehead atoms. The number of ether oxygens (including phenoxy) is 1. The monoisotopic (exact) mass is 419 g/mol. The van der Waals surface area contributed by atoms with E-state index in [1.165, 1.54) is 44.1 Å². The normalized spacial score (nSPS) is 10.9. The third kappa shape index (κ3) is 7.66. The third-order valence-corrected chi connectivity index (χ3v) is 4.61. The van der Waals surface area contributed by atoms with Gasteiger partial charge in [0, 0.05) is 6.54 Å². The molecule has 4 heteroatoms. The molecule has 0 amide bonds. The van der Waals surface area contributed by atoms with Crippen molar-refractivity contribution in [1.82, 2.24) is 5.32 Å². The molecule has 0 heterocycles. The first-order valence-corrected chi connectivity index (χ1v) is 9.53. The highest BCUT2D eigenvalue weighted by molar-refractivity contribution is 9.11. The number of benzene rings is 1. The first kappa shape index (κ1) is 19.0. The maximum absolute atomic E-state index is 5.91. The van der Waals surface area contributed by atoms with E-state index >= 15 is 0 Å². The number of halogens is 2. The van der Waals surface area contributed by atoms with Crippen LogP contribution in [0, 0.1) is 0 Å². The lowest BCUT2D eigenvalue weighted by molar-refractivity contribution is 0.300. The topological polar surface area (TPSA) is 21.3 Å². The smallest absolute Gasteiger partial charge is 0.147 e. The van der Waals surface area contributed by atoms with Crippen molar-refractivity contribution in [3.05, 3.63) is 26.6 Å². The summed E-state index contributed by atoms with van der Waals surface area (Å²) in [5.74, 6) is 0.917. The summed E-state index contributed by atoms with van der Waals surface area (Å²) < 4.78 is 7.95. The Morgan fingerprint density at radius 1 is 0.952 bits per heavy atom. The van der Waals surface area contributed by atoms with Crippen LogP contribution >= 0.6 is 31.9 Å². The largest absolute Gasteiger partial charge is 0.491 e. The van der Waals surface area contributed by atoms with Crippen LogP contribution in [0.15, 0.2) is 21.1 Å². The Kier molecular flexibility index (Phi) is 10.4. The molecule has 0 aliphatic carbocycles. The summed E-state index contributed by atoms with van der Waals surface area (Å²) in [5.41, 5.74) is 1.24. The molecule has 1 aromatic rings. The SMILES string of the molecule is CCCCCCCCCOc1c(Br)cc(CNC)cc1Br. The van der Waals surface area contributed by atoms with Crippen LogP contribution < -0.4 is 10.1 Å². The van der Waals surface area contributed by atoms with Crippen LogP contribution in [0.1, 0.15) is 57.4 Å². The zero-order valence-electron chi connectivity index (χ0n) is 13.2. The zero-order valence-corrected chi connectivity index (χ0v) is 16.4. The van der Waals surface area contributed by atoms with Gasteiger partial charge in [0.2, 0.25) is 0 Å². The van der Waals surface area contributed by atoms with Crippen molar-refractivity contribution in [3.63, 3.8) is 0 Å². The summed E-state index contributed by atoms with van der Waals surface area (Å²) in [6.07, 6.45) is 9.14. The van der Waals surface area contributed by atoms with Gasteiger partial charge in [-0.15, -0.1) is 0 Å². The summed E-state index contributed by atoms with van der Waals surface area (Å²) in [4.78, 5) is 0. The van der Waals surface area contributed by atoms with Crippen molar-refractivity contribution in [2.24, 2.45) is 0 Å². The lowest BCUT2D eigenvalue weighted by Crippen LogP contribution is -2.06. The minimum Gasteiger partial charge on any atom is -0.491 e. The minimum absolute atomic E-state index is 0.788. The van der Waals surface area contributed by atoms with Crippen LogP contribution in [0.25, 0.3) is 0 Å². The van der Waals surface area contributed by atoms with Crippen LogP contribution in [0.4, 0.5) is 0 Å². The van der Waals surface area contributed by atoms with Crippen molar-refractivity contribution >= 4 is 31.9 Å². The molecule has 21 heavy (non-hydrogen) atoms. The van der Waals surface area contributed by atoms with Gasteiger partial charge in [-0.3, -0.25) is 0 Å². The maximum Gasteiger partial charge on any atom is 0.147 e. The number of rotatable bonds is 11. The van der Waals surface area contributed by atoms with E-state index in [0.29, 0.717) is 0 Å². The summed E-state index contributed by atoms with van der Waals surface area (Å²) in [6, 6.07) is 4.22. The van der Waals surface area contributed by atoms with Crippen LogP contribution in [-0.4, -0.2) is 13.7 Å². The molecule has 1 N–H and O–H groups in total. The van der Waals surface area contributed by atoms with Gasteiger partial charge in [0.15, 0.2) is 0 Å². The fraction of sp³-hybridized carbons (Fsp3) is 0.647. The van der Waals surface area contributed by atoms with Gasteiger partial charge in [0.25, 0.3) is 0 Å². The predicted octanol–water partition coefficient (Wildman–Crippen LogP) is 6.06. The molecule has 0 aromatic heterocycles. The van der Waals surface area contributed by atoms with Crippen molar-refractivity contribution in [1.29, 1.82) is 0 Å². The molecule has 0 radical (unpaired) electrons. The summed E-state index contributed by atoms with van der Waals surface area (Å²) in [6.45, 7) is 3.90. The molecule has 0 saturated heterocycles. The molecule has 1 rings (SSSR count). The van der Waals surface area contributed by atoms with Gasteiger partial charge in [-0.2, -0.15) is 0 Å². The minimum atomic E-state index is 0.788. The van der Waals surface area contributed by atoms with Gasteiger partial charge in [-0.1, -0.05) is 45.4 Å². The van der Waals surface area contributed by atoms with Gasteiger partial charge in [0.1, 0.15) is 5.75 Å². The molecule has 0 unspecified atom stereocenters. The molecule has 0 saturated carbocycles. The standard InChI is InChI=1S/C17H27Br2NO/c1-3-4-5-6-7-8-9-10-21-17-15(18)11-14(13-20-2)12-16(17)19/h11-12,20H,3-10,13H2,1-2H3. The Morgan fingerprint density at radius 3 is 2.10 bits per heavy atom.